The molecule has 0 saturated heterocycles. The van der Waals surface area contributed by atoms with Crippen molar-refractivity contribution in [3.63, 3.8) is 0 Å². The minimum Gasteiger partial charge on any atom is -0.208 e. The molecule has 60 heavy (non-hydrogen) atoms. The summed E-state index contributed by atoms with van der Waals surface area (Å²) in [7, 11) is 72.9. The Morgan fingerprint density at radius 2 is 0.617 bits per heavy atom. The molecule has 0 saturated carbocycles. The van der Waals surface area contributed by atoms with E-state index in [0.717, 1.165) is 33.4 Å². The molecule has 0 aliphatic carbocycles. The number of benzene rings is 7. The van der Waals surface area contributed by atoms with Crippen LogP contribution in [-0.2, 0) is 0 Å². The summed E-state index contributed by atoms with van der Waals surface area (Å²) >= 11 is 1.24. The fourth-order valence-corrected chi connectivity index (χ4v) is 8.95. The van der Waals surface area contributed by atoms with Gasteiger partial charge in [-0.1, -0.05) is 142 Å². The molecule has 22 radical (unpaired) electrons. The highest BCUT2D eigenvalue weighted by Crippen LogP contribution is 2.40. The Balaban J connectivity index is 1.34. The van der Waals surface area contributed by atoms with Gasteiger partial charge in [0.2, 0.25) is 0 Å². The van der Waals surface area contributed by atoms with Gasteiger partial charge in [-0.25, -0.2) is 15.0 Å². The molecule has 0 bridgehead atoms. The summed E-state index contributed by atoms with van der Waals surface area (Å²) < 4.78 is 1.03. The Bertz CT molecular complexity index is 3060. The summed E-state index contributed by atoms with van der Waals surface area (Å²) in [5.74, 6) is 0.976. The molecule has 9 rings (SSSR count). The van der Waals surface area contributed by atoms with E-state index in [1.54, 1.807) is 0 Å². The topological polar surface area (TPSA) is 38.7 Å². The zero-order valence-electron chi connectivity index (χ0n) is 32.0. The average Bonchev–Trinajstić information content (AvgIpc) is 3.68. The predicted molar refractivity (Wildman–Crippen MR) is 265 cm³/mol. The molecule has 3 nitrogen and oxygen atoms in total. The normalized spacial score (nSPS) is 11.4. The Morgan fingerprint density at radius 3 is 1.10 bits per heavy atom. The molecule has 0 atom stereocenters. The average molecular weight is 752 g/mol. The molecule has 0 aliphatic rings. The molecule has 0 spiro atoms. The van der Waals surface area contributed by atoms with Crippen LogP contribution >= 0.6 is 11.3 Å². The summed E-state index contributed by atoms with van der Waals surface area (Å²) in [6, 6.07) is 36.1. The molecule has 0 aliphatic heterocycles. The smallest absolute Gasteiger partial charge is 0.164 e. The first-order valence-corrected chi connectivity index (χ1v) is 19.5. The lowest BCUT2D eigenvalue weighted by atomic mass is 9.58. The van der Waals surface area contributed by atoms with Gasteiger partial charge in [-0.15, -0.1) is 38.7 Å². The van der Waals surface area contributed by atoms with Gasteiger partial charge in [0.15, 0.2) is 17.5 Å². The summed E-state index contributed by atoms with van der Waals surface area (Å²) in [5, 5.41) is 0.931. The fraction of sp³-hybridized carbons (Fsp3) is 0. The lowest BCUT2D eigenvalue weighted by Crippen LogP contribution is -2.56. The summed E-state index contributed by atoms with van der Waals surface area (Å²) in [4.78, 5) is 15.1. The Kier molecular flexibility index (Phi) is 10.3. The number of thiophene rings is 1. The van der Waals surface area contributed by atoms with Crippen LogP contribution in [0, 0.1) is 0 Å². The van der Waals surface area contributed by atoms with E-state index in [4.69, 9.17) is 101 Å². The number of fused-ring (bicyclic) bond motifs is 3. The van der Waals surface area contributed by atoms with Crippen LogP contribution in [0.3, 0.4) is 0 Å². The van der Waals surface area contributed by atoms with Crippen LogP contribution in [0.5, 0.6) is 0 Å². The largest absolute Gasteiger partial charge is 0.208 e. The molecule has 0 N–H and O–H groups in total. The van der Waals surface area contributed by atoms with E-state index in [9.17, 15) is 0 Å². The maximum Gasteiger partial charge on any atom is 0.164 e. The molecule has 252 valence electrons. The Morgan fingerprint density at radius 1 is 0.267 bits per heavy atom. The molecule has 0 fully saturated rings. The molecular weight excluding hydrogens is 734 g/mol. The van der Waals surface area contributed by atoms with Gasteiger partial charge in [-0.05, 0) is 38.8 Å². The van der Waals surface area contributed by atoms with Crippen LogP contribution in [0.15, 0.2) is 109 Å². The molecule has 7 aromatic carbocycles. The highest BCUT2D eigenvalue weighted by Gasteiger charge is 2.26. The SMILES string of the molecule is [B]c1c([B])c([B])c(-c2c([B])c([B])c([B])c3c2sc2c([B])c([B])c([B])c(-c4nc(-c5ccc(-c6ccccc6)cc5)nc(-c5ccc(-c6ccccc6)cc5)n4)c23)c([B])c1[B]. The van der Waals surface area contributed by atoms with Crippen molar-refractivity contribution in [2.24, 2.45) is 0 Å². The number of hydrogen-bond acceptors (Lipinski definition) is 4. The third-order valence-corrected chi connectivity index (χ3v) is 12.1. The molecule has 2 aromatic heterocycles. The highest BCUT2D eigenvalue weighted by atomic mass is 32.1. The van der Waals surface area contributed by atoms with Crippen molar-refractivity contribution in [1.82, 2.24) is 15.0 Å². The van der Waals surface area contributed by atoms with Gasteiger partial charge < -0.3 is 0 Å². The van der Waals surface area contributed by atoms with E-state index in [1.165, 1.54) is 11.3 Å². The number of nitrogens with zero attached hydrogens (tertiary/aromatic N) is 3. The van der Waals surface area contributed by atoms with Gasteiger partial charge >= 0.3 is 0 Å². The quantitative estimate of drug-likeness (QED) is 0.205. The minimum atomic E-state index is 0.0355. The van der Waals surface area contributed by atoms with Crippen LogP contribution in [0.4, 0.5) is 0 Å². The van der Waals surface area contributed by atoms with E-state index < -0.39 is 0 Å². The van der Waals surface area contributed by atoms with Gasteiger partial charge in [0, 0.05) is 31.5 Å². The molecule has 0 amide bonds. The third-order valence-electron chi connectivity index (χ3n) is 10.9. The second-order valence-corrected chi connectivity index (χ2v) is 15.4. The van der Waals surface area contributed by atoms with E-state index >= 15 is 0 Å². The maximum absolute atomic E-state index is 6.97. The maximum atomic E-state index is 6.97. The molecule has 9 aromatic rings. The first kappa shape index (κ1) is 39.9. The van der Waals surface area contributed by atoms with Gasteiger partial charge in [0.05, 0.1) is 0 Å². The predicted octanol–water partition coefficient (Wildman–Crippen LogP) is -1.03. The van der Waals surface area contributed by atoms with E-state index in [2.05, 4.69) is 24.3 Å². The van der Waals surface area contributed by atoms with E-state index in [0.29, 0.717) is 42.9 Å². The van der Waals surface area contributed by atoms with Crippen LogP contribution in [0.25, 0.3) is 87.7 Å². The van der Waals surface area contributed by atoms with Crippen molar-refractivity contribution in [2.75, 3.05) is 0 Å². The van der Waals surface area contributed by atoms with Crippen molar-refractivity contribution in [3.05, 3.63) is 109 Å². The zero-order valence-corrected chi connectivity index (χ0v) is 32.8. The molecular formula is C45H18B11N3S. The summed E-state index contributed by atoms with van der Waals surface area (Å²) in [6.45, 7) is 0. The van der Waals surface area contributed by atoms with Crippen LogP contribution in [-0.4, -0.2) is 101 Å². The van der Waals surface area contributed by atoms with Gasteiger partial charge in [0.25, 0.3) is 0 Å². The fourth-order valence-electron chi connectivity index (χ4n) is 7.60. The lowest BCUT2D eigenvalue weighted by molar-refractivity contribution is 1.08. The number of aromatic nitrogens is 3. The number of hydrogen-bond donors (Lipinski definition) is 0. The third kappa shape index (κ3) is 6.48. The summed E-state index contributed by atoms with van der Waals surface area (Å²) in [6.07, 6.45) is 0. The molecule has 0 unspecified atom stereocenters. The van der Waals surface area contributed by atoms with E-state index in [1.807, 2.05) is 84.9 Å². The number of rotatable bonds is 6. The van der Waals surface area contributed by atoms with Gasteiger partial charge in [0.1, 0.15) is 86.3 Å². The van der Waals surface area contributed by atoms with Crippen molar-refractivity contribution in [3.8, 4) is 67.5 Å². The second-order valence-electron chi connectivity index (χ2n) is 14.4. The van der Waals surface area contributed by atoms with Crippen LogP contribution in [0.1, 0.15) is 0 Å². The minimum absolute atomic E-state index is 0.0355. The van der Waals surface area contributed by atoms with Crippen LogP contribution < -0.4 is 60.1 Å². The zero-order chi connectivity index (χ0) is 42.1. The van der Waals surface area contributed by atoms with Crippen molar-refractivity contribution in [2.45, 2.75) is 0 Å². The highest BCUT2D eigenvalue weighted by molar-refractivity contribution is 7.28. The first-order valence-electron chi connectivity index (χ1n) is 18.6. The van der Waals surface area contributed by atoms with Gasteiger partial charge in [-0.2, -0.15) is 0 Å². The molecule has 2 heterocycles. The Hall–Kier alpha value is -5.52. The monoisotopic (exact) mass is 753 g/mol. The second kappa shape index (κ2) is 15.5. The van der Waals surface area contributed by atoms with Crippen LogP contribution in [0.2, 0.25) is 0 Å². The standard InChI is InChI=1S/C45H18B11N3S/c46-30-26(31(47)37(53)39(55)36(30)52)28-33(49)35(51)32(48)27-25-29(34(50)38(54)40(56)42(25)60-41(27)28)45-58-43(23-15-11-21(12-16-23)19-7-3-1-4-8-19)57-44(59-45)24-17-13-22(14-18-24)20-9-5-2-6-10-20/h1-18H. The Labute approximate surface area is 367 Å². The molecule has 15 heteroatoms. The first-order chi connectivity index (χ1) is 28.8. The van der Waals surface area contributed by atoms with Crippen molar-refractivity contribution < 1.29 is 0 Å². The van der Waals surface area contributed by atoms with Crippen molar-refractivity contribution >= 4 is 178 Å². The van der Waals surface area contributed by atoms with Crippen molar-refractivity contribution in [1.29, 1.82) is 0 Å². The van der Waals surface area contributed by atoms with Gasteiger partial charge in [-0.3, -0.25) is 0 Å². The lowest BCUT2D eigenvalue weighted by Gasteiger charge is -2.25. The summed E-state index contributed by atoms with van der Waals surface area (Å²) in [5.41, 5.74) is 7.58. The van der Waals surface area contributed by atoms with E-state index in [-0.39, 0.29) is 71.5 Å².